The fraction of sp³-hybridized carbons (Fsp3) is 0.0870. The Morgan fingerprint density at radius 3 is 2.77 bits per heavy atom. The van der Waals surface area contributed by atoms with Gasteiger partial charge in [0.05, 0.1) is 5.36 Å². The molecule has 1 amide bonds. The molecule has 1 atom stereocenters. The largest absolute Gasteiger partial charge is 0.457 e. The number of nitrogens with one attached hydrogen (secondary N) is 1. The summed E-state index contributed by atoms with van der Waals surface area (Å²) in [6.07, 6.45) is 1.16. The molecule has 154 valence electrons. The average Bonchev–Trinajstić information content (AvgIpc) is 3.27. The maximum atomic E-state index is 13.0. The highest BCUT2D eigenvalue weighted by Gasteiger charge is 2.35. The summed E-state index contributed by atoms with van der Waals surface area (Å²) in [5, 5.41) is 11.8. The van der Waals surface area contributed by atoms with Crippen molar-refractivity contribution in [3.8, 4) is 11.3 Å². The molecule has 3 aromatic rings. The van der Waals surface area contributed by atoms with Gasteiger partial charge in [-0.3, -0.25) is 10.1 Å². The Bertz CT molecular complexity index is 1330. The number of para-hydroxylation sites is 1. The van der Waals surface area contributed by atoms with Crippen molar-refractivity contribution < 1.29 is 9.21 Å². The standard InChI is InChI=1S/C23H17ClN4O2S/c1-2-13-31-23-26-22(29)20-16-5-3-4-6-17(16)25-21(28(20)27-23)19-12-11-18(30-19)14-7-9-15(24)10-8-14/h2-12,21H,1,13H2,(H,26,27,29)/t21-/m0/s1. The number of furan rings is 1. The summed E-state index contributed by atoms with van der Waals surface area (Å²) in [7, 11) is 0. The van der Waals surface area contributed by atoms with Crippen LogP contribution in [0.1, 0.15) is 11.9 Å². The number of halogens is 1. The molecule has 2 aliphatic heterocycles. The van der Waals surface area contributed by atoms with Gasteiger partial charge in [0, 0.05) is 21.6 Å². The molecule has 0 unspecified atom stereocenters. The van der Waals surface area contributed by atoms with Crippen LogP contribution in [0.15, 0.2) is 87.8 Å². The van der Waals surface area contributed by atoms with Gasteiger partial charge >= 0.3 is 0 Å². The monoisotopic (exact) mass is 448 g/mol. The molecule has 31 heavy (non-hydrogen) atoms. The third-order valence-electron chi connectivity index (χ3n) is 4.86. The third kappa shape index (κ3) is 3.66. The zero-order valence-electron chi connectivity index (χ0n) is 16.3. The van der Waals surface area contributed by atoms with Crippen molar-refractivity contribution in [2.24, 2.45) is 10.1 Å². The molecular formula is C23H17ClN4O2S. The first-order valence-corrected chi connectivity index (χ1v) is 11.0. The van der Waals surface area contributed by atoms with Crippen LogP contribution in [-0.4, -0.2) is 21.8 Å². The van der Waals surface area contributed by atoms with E-state index in [1.54, 1.807) is 11.1 Å². The summed E-state index contributed by atoms with van der Waals surface area (Å²) in [5.41, 5.74) is 1.35. The fourth-order valence-corrected chi connectivity index (χ4v) is 4.19. The van der Waals surface area contributed by atoms with Crippen molar-refractivity contribution in [3.63, 3.8) is 0 Å². The molecule has 0 spiro atoms. The van der Waals surface area contributed by atoms with Crippen molar-refractivity contribution in [3.05, 3.63) is 94.7 Å². The topological polar surface area (TPSA) is 70.2 Å². The number of fused-ring (bicyclic) bond motifs is 2. The number of hydrazone groups is 1. The van der Waals surface area contributed by atoms with Gasteiger partial charge in [0.1, 0.15) is 11.5 Å². The predicted molar refractivity (Wildman–Crippen MR) is 123 cm³/mol. The van der Waals surface area contributed by atoms with Crippen LogP contribution in [0.2, 0.25) is 5.02 Å². The Balaban J connectivity index is 1.61. The highest BCUT2D eigenvalue weighted by Crippen LogP contribution is 2.34. The molecule has 0 saturated carbocycles. The average molecular weight is 449 g/mol. The van der Waals surface area contributed by atoms with Gasteiger partial charge in [-0.25, -0.2) is 10.0 Å². The highest BCUT2D eigenvalue weighted by molar-refractivity contribution is 8.14. The molecule has 2 aromatic carbocycles. The lowest BCUT2D eigenvalue weighted by molar-refractivity contribution is -0.116. The van der Waals surface area contributed by atoms with E-state index in [1.165, 1.54) is 11.8 Å². The van der Waals surface area contributed by atoms with Crippen LogP contribution in [0.3, 0.4) is 0 Å². The summed E-state index contributed by atoms with van der Waals surface area (Å²) < 4.78 is 6.15. The zero-order chi connectivity index (χ0) is 21.4. The summed E-state index contributed by atoms with van der Waals surface area (Å²) in [6.45, 7) is 3.73. The second-order valence-electron chi connectivity index (χ2n) is 6.88. The Hall–Kier alpha value is -3.29. The maximum absolute atomic E-state index is 13.0. The van der Waals surface area contributed by atoms with Crippen LogP contribution in [-0.2, 0) is 4.79 Å². The predicted octanol–water partition coefficient (Wildman–Crippen LogP) is 3.66. The molecule has 6 nitrogen and oxygen atoms in total. The van der Waals surface area contributed by atoms with E-state index in [1.807, 2.05) is 60.7 Å². The number of amidine groups is 1. The van der Waals surface area contributed by atoms with Gasteiger partial charge in [0.2, 0.25) is 6.17 Å². The number of benzene rings is 2. The van der Waals surface area contributed by atoms with Crippen LogP contribution in [0.4, 0.5) is 0 Å². The van der Waals surface area contributed by atoms with Gasteiger partial charge in [-0.2, -0.15) is 0 Å². The number of carbonyl (C=O) groups is 1. The summed E-state index contributed by atoms with van der Waals surface area (Å²) >= 11 is 7.40. The highest BCUT2D eigenvalue weighted by atomic mass is 35.5. The first-order chi connectivity index (χ1) is 15.1. The van der Waals surface area contributed by atoms with Gasteiger partial charge in [-0.15, -0.1) is 11.7 Å². The van der Waals surface area contributed by atoms with E-state index in [0.717, 1.165) is 16.1 Å². The van der Waals surface area contributed by atoms with E-state index in [4.69, 9.17) is 21.0 Å². The molecule has 0 aliphatic carbocycles. The van der Waals surface area contributed by atoms with Crippen LogP contribution in [0.5, 0.6) is 0 Å². The van der Waals surface area contributed by atoms with Crippen LogP contribution >= 0.6 is 23.4 Å². The molecule has 1 aromatic heterocycles. The molecule has 3 heterocycles. The lowest BCUT2D eigenvalue weighted by Gasteiger charge is -2.32. The zero-order valence-corrected chi connectivity index (χ0v) is 17.9. The lowest BCUT2D eigenvalue weighted by Crippen LogP contribution is -2.50. The molecule has 0 fully saturated rings. The number of nitrogens with zero attached hydrogens (tertiary/aromatic N) is 3. The molecule has 2 aliphatic rings. The van der Waals surface area contributed by atoms with Gasteiger partial charge in [0.25, 0.3) is 5.91 Å². The lowest BCUT2D eigenvalue weighted by atomic mass is 10.1. The van der Waals surface area contributed by atoms with Crippen LogP contribution in [0.25, 0.3) is 17.0 Å². The first kappa shape index (κ1) is 19.7. The number of hydrogen-bond acceptors (Lipinski definition) is 6. The number of amides is 1. The SMILES string of the molecule is C=CCSC1=NN2C(=c3ccccc3=N[C@@H]2c2ccc(-c3ccc(Cl)cc3)o2)C(=O)N1. The quantitative estimate of drug-likeness (QED) is 0.618. The Labute approximate surface area is 187 Å². The van der Waals surface area contributed by atoms with Gasteiger partial charge in [0.15, 0.2) is 10.9 Å². The van der Waals surface area contributed by atoms with Crippen LogP contribution in [0, 0.1) is 0 Å². The van der Waals surface area contributed by atoms with E-state index in [0.29, 0.717) is 33.2 Å². The number of carbonyl (C=O) groups excluding carboxylic acids is 1. The van der Waals surface area contributed by atoms with E-state index >= 15 is 0 Å². The second-order valence-corrected chi connectivity index (χ2v) is 8.33. The van der Waals surface area contributed by atoms with Crippen molar-refractivity contribution in [1.82, 2.24) is 10.3 Å². The molecule has 5 rings (SSSR count). The van der Waals surface area contributed by atoms with E-state index in [2.05, 4.69) is 17.0 Å². The molecule has 0 saturated heterocycles. The minimum absolute atomic E-state index is 0.224. The van der Waals surface area contributed by atoms with Gasteiger partial charge < -0.3 is 4.42 Å². The van der Waals surface area contributed by atoms with E-state index in [9.17, 15) is 4.79 Å². The van der Waals surface area contributed by atoms with Crippen molar-refractivity contribution in [1.29, 1.82) is 0 Å². The number of thioether (sulfide) groups is 1. The minimum atomic E-state index is -0.601. The second kappa shape index (κ2) is 8.09. The van der Waals surface area contributed by atoms with Crippen LogP contribution < -0.4 is 15.9 Å². The minimum Gasteiger partial charge on any atom is -0.457 e. The van der Waals surface area contributed by atoms with Crippen molar-refractivity contribution in [2.45, 2.75) is 6.17 Å². The van der Waals surface area contributed by atoms with Gasteiger partial charge in [-0.1, -0.05) is 47.6 Å². The van der Waals surface area contributed by atoms with E-state index < -0.39 is 6.17 Å². The Morgan fingerprint density at radius 2 is 1.97 bits per heavy atom. The Kier molecular flexibility index (Phi) is 5.13. The number of rotatable bonds is 4. The maximum Gasteiger partial charge on any atom is 0.276 e. The fourth-order valence-electron chi connectivity index (χ4n) is 3.48. The Morgan fingerprint density at radius 1 is 1.16 bits per heavy atom. The molecule has 0 radical (unpaired) electrons. The van der Waals surface area contributed by atoms with E-state index in [-0.39, 0.29) is 5.91 Å². The smallest absolute Gasteiger partial charge is 0.276 e. The normalized spacial score (nSPS) is 17.3. The van der Waals surface area contributed by atoms with Crippen molar-refractivity contribution >= 4 is 40.1 Å². The van der Waals surface area contributed by atoms with Crippen molar-refractivity contribution in [2.75, 3.05) is 5.75 Å². The molecule has 0 bridgehead atoms. The van der Waals surface area contributed by atoms with Gasteiger partial charge in [-0.05, 0) is 42.5 Å². The number of hydrogen-bond donors (Lipinski definition) is 1. The summed E-state index contributed by atoms with van der Waals surface area (Å²) in [4.78, 5) is 17.8. The first-order valence-electron chi connectivity index (χ1n) is 9.60. The summed E-state index contributed by atoms with van der Waals surface area (Å²) in [6, 6.07) is 18.7. The third-order valence-corrected chi connectivity index (χ3v) is 5.97. The molecule has 8 heteroatoms. The molecular weight excluding hydrogens is 432 g/mol. The summed E-state index contributed by atoms with van der Waals surface area (Å²) in [5.74, 6) is 1.68. The molecule has 1 N–H and O–H groups in total.